The molecule has 2 atom stereocenters. The zero-order valence-corrected chi connectivity index (χ0v) is 10.7. The molecule has 0 aromatic heterocycles. The van der Waals surface area contributed by atoms with E-state index in [-0.39, 0.29) is 5.56 Å². The molecule has 1 fully saturated rings. The Bertz CT molecular complexity index is 516. The molecule has 0 unspecified atom stereocenters. The van der Waals surface area contributed by atoms with Crippen LogP contribution in [0.1, 0.15) is 37.3 Å². The molecular formula is C14H14F3NO. The Hall–Kier alpha value is -1.70. The second kappa shape index (κ2) is 4.76. The topological polar surface area (TPSA) is 33.0 Å². The number of hydrogen-bond donors (Lipinski definition) is 0. The maximum atomic E-state index is 12.2. The molecule has 0 saturated heterocycles. The monoisotopic (exact) mass is 269 g/mol. The molecule has 1 aliphatic carbocycles. The van der Waals surface area contributed by atoms with Crippen molar-refractivity contribution >= 4 is 0 Å². The highest BCUT2D eigenvalue weighted by Crippen LogP contribution is 2.52. The van der Waals surface area contributed by atoms with Crippen LogP contribution >= 0.6 is 0 Å². The van der Waals surface area contributed by atoms with Gasteiger partial charge in [0.1, 0.15) is 11.8 Å². The first-order valence-corrected chi connectivity index (χ1v) is 6.11. The van der Waals surface area contributed by atoms with Crippen molar-refractivity contribution in [1.29, 1.82) is 5.26 Å². The minimum atomic E-state index is -4.77. The average Bonchev–Trinajstić information content (AvgIpc) is 3.07. The van der Waals surface area contributed by atoms with Crippen LogP contribution in [0.15, 0.2) is 18.2 Å². The summed E-state index contributed by atoms with van der Waals surface area (Å²) in [5.74, 6) is 1.02. The van der Waals surface area contributed by atoms with Gasteiger partial charge in [-0.2, -0.15) is 5.26 Å². The Morgan fingerprint density at radius 1 is 1.37 bits per heavy atom. The third-order valence-electron chi connectivity index (χ3n) is 3.47. The van der Waals surface area contributed by atoms with Gasteiger partial charge in [0.05, 0.1) is 5.56 Å². The van der Waals surface area contributed by atoms with Crippen molar-refractivity contribution in [3.8, 4) is 11.8 Å². The molecule has 0 radical (unpaired) electrons. The van der Waals surface area contributed by atoms with E-state index in [9.17, 15) is 13.2 Å². The summed E-state index contributed by atoms with van der Waals surface area (Å²) in [6.45, 7) is 4.24. The fourth-order valence-electron chi connectivity index (χ4n) is 2.41. The zero-order valence-electron chi connectivity index (χ0n) is 10.7. The average molecular weight is 269 g/mol. The number of ether oxygens (including phenoxy) is 1. The van der Waals surface area contributed by atoms with Crippen LogP contribution in [0, 0.1) is 23.2 Å². The Kier molecular flexibility index (Phi) is 3.44. The highest BCUT2D eigenvalue weighted by atomic mass is 19.4. The molecular weight excluding hydrogens is 255 g/mol. The molecule has 102 valence electrons. The maximum Gasteiger partial charge on any atom is 0.573 e. The van der Waals surface area contributed by atoms with Gasteiger partial charge in [-0.15, -0.1) is 13.2 Å². The molecule has 0 N–H and O–H groups in total. The van der Waals surface area contributed by atoms with Crippen LogP contribution in [0.4, 0.5) is 13.2 Å². The highest BCUT2D eigenvalue weighted by molar-refractivity contribution is 5.47. The number of benzene rings is 1. The van der Waals surface area contributed by atoms with Crippen molar-refractivity contribution in [2.45, 2.75) is 32.5 Å². The molecule has 0 bridgehead atoms. The van der Waals surface area contributed by atoms with Crippen LogP contribution in [0.25, 0.3) is 0 Å². The van der Waals surface area contributed by atoms with Crippen LogP contribution in [0.2, 0.25) is 0 Å². The third kappa shape index (κ3) is 3.19. The Balaban J connectivity index is 2.21. The first-order chi connectivity index (χ1) is 8.81. The summed E-state index contributed by atoms with van der Waals surface area (Å²) in [5, 5.41) is 8.92. The molecule has 0 spiro atoms. The number of nitrogens with zero attached hydrogens (tertiary/aromatic N) is 1. The highest BCUT2D eigenvalue weighted by Gasteiger charge is 2.40. The van der Waals surface area contributed by atoms with E-state index >= 15 is 0 Å². The zero-order chi connectivity index (χ0) is 14.2. The molecule has 0 amide bonds. The van der Waals surface area contributed by atoms with Gasteiger partial charge >= 0.3 is 6.36 Å². The SMILES string of the molecule is CC(C)[C@H]1C[C@@H]1c1ccc(OC(F)(F)F)c(C#N)c1. The van der Waals surface area contributed by atoms with Gasteiger partial charge in [0.2, 0.25) is 0 Å². The van der Waals surface area contributed by atoms with Gasteiger partial charge in [-0.05, 0) is 41.9 Å². The van der Waals surface area contributed by atoms with Crippen molar-refractivity contribution in [2.24, 2.45) is 11.8 Å². The van der Waals surface area contributed by atoms with Crippen molar-refractivity contribution < 1.29 is 17.9 Å². The van der Waals surface area contributed by atoms with Gasteiger partial charge in [0.25, 0.3) is 0 Å². The normalized spacial score (nSPS) is 22.2. The Morgan fingerprint density at radius 2 is 2.05 bits per heavy atom. The smallest absolute Gasteiger partial charge is 0.404 e. The minimum Gasteiger partial charge on any atom is -0.404 e. The van der Waals surface area contributed by atoms with E-state index in [1.54, 1.807) is 12.1 Å². The summed E-state index contributed by atoms with van der Waals surface area (Å²) in [7, 11) is 0. The fourth-order valence-corrected chi connectivity index (χ4v) is 2.41. The van der Waals surface area contributed by atoms with Gasteiger partial charge in [-0.1, -0.05) is 19.9 Å². The molecule has 0 aliphatic heterocycles. The summed E-state index contributed by atoms with van der Waals surface area (Å²) < 4.78 is 40.3. The second-order valence-corrected chi connectivity index (χ2v) is 5.17. The predicted molar refractivity (Wildman–Crippen MR) is 63.5 cm³/mol. The quantitative estimate of drug-likeness (QED) is 0.823. The van der Waals surface area contributed by atoms with Crippen LogP contribution in [0.5, 0.6) is 5.75 Å². The van der Waals surface area contributed by atoms with Crippen molar-refractivity contribution in [2.75, 3.05) is 0 Å². The van der Waals surface area contributed by atoms with Crippen LogP contribution in [-0.2, 0) is 0 Å². The lowest BCUT2D eigenvalue weighted by atomic mass is 10.0. The summed E-state index contributed by atoms with van der Waals surface area (Å²) in [6, 6.07) is 6.12. The second-order valence-electron chi connectivity index (χ2n) is 5.17. The lowest BCUT2D eigenvalue weighted by Crippen LogP contribution is -2.17. The maximum absolute atomic E-state index is 12.2. The summed E-state index contributed by atoms with van der Waals surface area (Å²) in [4.78, 5) is 0. The van der Waals surface area contributed by atoms with E-state index in [1.165, 1.54) is 12.1 Å². The molecule has 5 heteroatoms. The van der Waals surface area contributed by atoms with E-state index in [2.05, 4.69) is 18.6 Å². The van der Waals surface area contributed by atoms with E-state index in [1.807, 2.05) is 0 Å². The van der Waals surface area contributed by atoms with Gasteiger partial charge in [-0.25, -0.2) is 0 Å². The van der Waals surface area contributed by atoms with E-state index in [4.69, 9.17) is 5.26 Å². The summed E-state index contributed by atoms with van der Waals surface area (Å²) in [6.07, 6.45) is -3.74. The number of alkyl halides is 3. The lowest BCUT2D eigenvalue weighted by Gasteiger charge is -2.11. The summed E-state index contributed by atoms with van der Waals surface area (Å²) >= 11 is 0. The first-order valence-electron chi connectivity index (χ1n) is 6.11. The molecule has 0 heterocycles. The van der Waals surface area contributed by atoms with Crippen LogP contribution < -0.4 is 4.74 Å². The van der Waals surface area contributed by atoms with E-state index in [0.717, 1.165) is 12.0 Å². The van der Waals surface area contributed by atoms with Gasteiger partial charge in [-0.3, -0.25) is 0 Å². The van der Waals surface area contributed by atoms with E-state index in [0.29, 0.717) is 17.8 Å². The molecule has 2 nitrogen and oxygen atoms in total. The Morgan fingerprint density at radius 3 is 2.53 bits per heavy atom. The fraction of sp³-hybridized carbons (Fsp3) is 0.500. The van der Waals surface area contributed by atoms with Gasteiger partial charge in [0.15, 0.2) is 0 Å². The number of halogens is 3. The van der Waals surface area contributed by atoms with Crippen molar-refractivity contribution in [3.05, 3.63) is 29.3 Å². The molecule has 1 saturated carbocycles. The van der Waals surface area contributed by atoms with Crippen molar-refractivity contribution in [1.82, 2.24) is 0 Å². The molecule has 19 heavy (non-hydrogen) atoms. The third-order valence-corrected chi connectivity index (χ3v) is 3.47. The molecule has 1 aromatic rings. The number of rotatable bonds is 3. The van der Waals surface area contributed by atoms with Crippen LogP contribution in [-0.4, -0.2) is 6.36 Å². The van der Waals surface area contributed by atoms with E-state index < -0.39 is 12.1 Å². The lowest BCUT2D eigenvalue weighted by molar-refractivity contribution is -0.274. The summed E-state index contributed by atoms with van der Waals surface area (Å²) in [5.41, 5.74) is 0.856. The number of hydrogen-bond acceptors (Lipinski definition) is 2. The molecule has 2 rings (SSSR count). The molecule has 1 aromatic carbocycles. The Labute approximate surface area is 109 Å². The standard InChI is InChI=1S/C14H14F3NO/c1-8(2)11-6-12(11)9-3-4-13(10(5-9)7-18)19-14(15,16)17/h3-5,8,11-12H,6H2,1-2H3/t11-,12-/m1/s1. The first kappa shape index (κ1) is 13.7. The largest absolute Gasteiger partial charge is 0.573 e. The molecule has 1 aliphatic rings. The van der Waals surface area contributed by atoms with Gasteiger partial charge < -0.3 is 4.74 Å². The van der Waals surface area contributed by atoms with Crippen LogP contribution in [0.3, 0.4) is 0 Å². The van der Waals surface area contributed by atoms with Gasteiger partial charge in [0, 0.05) is 0 Å². The minimum absolute atomic E-state index is 0.0655. The number of nitriles is 1. The van der Waals surface area contributed by atoms with Crippen molar-refractivity contribution in [3.63, 3.8) is 0 Å². The predicted octanol–water partition coefficient (Wildman–Crippen LogP) is 4.22.